The summed E-state index contributed by atoms with van der Waals surface area (Å²) in [6, 6.07) is 8.17. The maximum absolute atomic E-state index is 5.25. The van der Waals surface area contributed by atoms with Gasteiger partial charge in [-0.3, -0.25) is 0 Å². The molecule has 0 aliphatic rings. The lowest BCUT2D eigenvalue weighted by molar-refractivity contribution is 0.675. The first-order chi connectivity index (χ1) is 7.85. The number of hydrogen-bond acceptors (Lipinski definition) is 3. The molecule has 0 saturated carbocycles. The number of aryl methyl sites for hydroxylation is 1. The second kappa shape index (κ2) is 4.58. The van der Waals surface area contributed by atoms with Gasteiger partial charge in [0.05, 0.1) is 0 Å². The van der Waals surface area contributed by atoms with Crippen LogP contribution in [0.25, 0.3) is 11.4 Å². The zero-order valence-electron chi connectivity index (χ0n) is 9.09. The van der Waals surface area contributed by atoms with E-state index in [-0.39, 0.29) is 0 Å². The van der Waals surface area contributed by atoms with Crippen LogP contribution in [0.2, 0.25) is 0 Å². The standard InChI is InChI=1S/C12H12N4/c1-3-9-16-12(13-14-15-16)11-7-5-10(4-2)6-8-11/h1,5-8H,4,9H2,2H3. The zero-order valence-corrected chi connectivity index (χ0v) is 9.09. The zero-order chi connectivity index (χ0) is 11.4. The molecule has 0 aliphatic carbocycles. The molecule has 4 heteroatoms. The van der Waals surface area contributed by atoms with E-state index in [0.717, 1.165) is 12.0 Å². The lowest BCUT2D eigenvalue weighted by Gasteiger charge is -2.01. The lowest BCUT2D eigenvalue weighted by atomic mass is 10.1. The van der Waals surface area contributed by atoms with Gasteiger partial charge in [0.25, 0.3) is 0 Å². The van der Waals surface area contributed by atoms with Gasteiger partial charge in [-0.15, -0.1) is 11.5 Å². The molecule has 0 fully saturated rings. The fraction of sp³-hybridized carbons (Fsp3) is 0.250. The van der Waals surface area contributed by atoms with Gasteiger partial charge in [0, 0.05) is 5.56 Å². The largest absolute Gasteiger partial charge is 0.213 e. The first kappa shape index (κ1) is 10.4. The summed E-state index contributed by atoms with van der Waals surface area (Å²) in [5, 5.41) is 11.4. The normalized spacial score (nSPS) is 10.0. The molecule has 0 spiro atoms. The Bertz CT molecular complexity index is 505. The fourth-order valence-corrected chi connectivity index (χ4v) is 1.49. The minimum atomic E-state index is 0.387. The van der Waals surface area contributed by atoms with Gasteiger partial charge >= 0.3 is 0 Å². The number of aromatic nitrogens is 4. The van der Waals surface area contributed by atoms with Gasteiger partial charge in [-0.1, -0.05) is 37.1 Å². The van der Waals surface area contributed by atoms with E-state index in [4.69, 9.17) is 6.42 Å². The van der Waals surface area contributed by atoms with Gasteiger partial charge in [-0.25, -0.2) is 4.68 Å². The lowest BCUT2D eigenvalue weighted by Crippen LogP contribution is -2.01. The third kappa shape index (κ3) is 1.94. The molecule has 80 valence electrons. The Kier molecular flexibility index (Phi) is 2.97. The predicted molar refractivity (Wildman–Crippen MR) is 61.5 cm³/mol. The Labute approximate surface area is 94.3 Å². The summed E-state index contributed by atoms with van der Waals surface area (Å²) in [6.07, 6.45) is 6.27. The smallest absolute Gasteiger partial charge is 0.182 e. The molecule has 16 heavy (non-hydrogen) atoms. The molecule has 1 heterocycles. The number of rotatable bonds is 3. The molecular formula is C12H12N4. The van der Waals surface area contributed by atoms with Crippen molar-refractivity contribution in [1.82, 2.24) is 20.2 Å². The summed E-state index contributed by atoms with van der Waals surface area (Å²) in [5.74, 6) is 3.23. The average Bonchev–Trinajstić information content (AvgIpc) is 2.78. The van der Waals surface area contributed by atoms with Crippen LogP contribution >= 0.6 is 0 Å². The molecule has 1 aromatic carbocycles. The van der Waals surface area contributed by atoms with Crippen molar-refractivity contribution >= 4 is 0 Å². The van der Waals surface area contributed by atoms with Crippen LogP contribution in [-0.4, -0.2) is 20.2 Å². The SMILES string of the molecule is C#CCn1nnnc1-c1ccc(CC)cc1. The Hall–Kier alpha value is -2.15. The Morgan fingerprint density at radius 3 is 2.69 bits per heavy atom. The molecule has 0 saturated heterocycles. The second-order valence-corrected chi connectivity index (χ2v) is 3.41. The molecule has 4 nitrogen and oxygen atoms in total. The monoisotopic (exact) mass is 212 g/mol. The van der Waals surface area contributed by atoms with Crippen molar-refractivity contribution in [2.45, 2.75) is 19.9 Å². The van der Waals surface area contributed by atoms with E-state index in [2.05, 4.69) is 40.5 Å². The van der Waals surface area contributed by atoms with Gasteiger partial charge in [0.1, 0.15) is 6.54 Å². The molecule has 0 amide bonds. The maximum Gasteiger partial charge on any atom is 0.182 e. The maximum atomic E-state index is 5.25. The van der Waals surface area contributed by atoms with Crippen LogP contribution in [0.5, 0.6) is 0 Å². The second-order valence-electron chi connectivity index (χ2n) is 3.41. The van der Waals surface area contributed by atoms with Crippen LogP contribution in [0, 0.1) is 12.3 Å². The van der Waals surface area contributed by atoms with Crippen molar-refractivity contribution in [2.75, 3.05) is 0 Å². The summed E-state index contributed by atoms with van der Waals surface area (Å²) < 4.78 is 1.61. The first-order valence-corrected chi connectivity index (χ1v) is 5.14. The van der Waals surface area contributed by atoms with E-state index >= 15 is 0 Å². The van der Waals surface area contributed by atoms with E-state index < -0.39 is 0 Å². The first-order valence-electron chi connectivity index (χ1n) is 5.14. The fourth-order valence-electron chi connectivity index (χ4n) is 1.49. The molecule has 0 atom stereocenters. The molecule has 1 aromatic heterocycles. The van der Waals surface area contributed by atoms with Crippen molar-refractivity contribution in [1.29, 1.82) is 0 Å². The highest BCUT2D eigenvalue weighted by Crippen LogP contribution is 2.16. The number of benzene rings is 1. The minimum Gasteiger partial charge on any atom is -0.213 e. The molecule has 2 rings (SSSR count). The average molecular weight is 212 g/mol. The number of terminal acetylenes is 1. The summed E-state index contributed by atoms with van der Waals surface area (Å²) in [5.41, 5.74) is 2.28. The Morgan fingerprint density at radius 2 is 2.06 bits per heavy atom. The van der Waals surface area contributed by atoms with Crippen LogP contribution in [0.1, 0.15) is 12.5 Å². The van der Waals surface area contributed by atoms with Crippen molar-refractivity contribution in [3.63, 3.8) is 0 Å². The van der Waals surface area contributed by atoms with E-state index in [1.165, 1.54) is 5.56 Å². The Morgan fingerprint density at radius 1 is 1.31 bits per heavy atom. The number of hydrogen-bond donors (Lipinski definition) is 0. The van der Waals surface area contributed by atoms with Crippen LogP contribution in [0.4, 0.5) is 0 Å². The molecule has 0 N–H and O–H groups in total. The van der Waals surface area contributed by atoms with Crippen molar-refractivity contribution in [3.05, 3.63) is 29.8 Å². The highest BCUT2D eigenvalue weighted by Gasteiger charge is 2.07. The van der Waals surface area contributed by atoms with Crippen molar-refractivity contribution in [2.24, 2.45) is 0 Å². The van der Waals surface area contributed by atoms with Gasteiger partial charge < -0.3 is 0 Å². The van der Waals surface area contributed by atoms with E-state index in [9.17, 15) is 0 Å². The van der Waals surface area contributed by atoms with E-state index in [1.807, 2.05) is 12.1 Å². The van der Waals surface area contributed by atoms with Gasteiger partial charge in [0.2, 0.25) is 0 Å². The molecule has 0 aliphatic heterocycles. The summed E-state index contributed by atoms with van der Waals surface area (Å²) in [7, 11) is 0. The molecular weight excluding hydrogens is 200 g/mol. The van der Waals surface area contributed by atoms with Crippen LogP contribution in [-0.2, 0) is 13.0 Å². The van der Waals surface area contributed by atoms with Crippen LogP contribution in [0.15, 0.2) is 24.3 Å². The summed E-state index contributed by atoms with van der Waals surface area (Å²) >= 11 is 0. The van der Waals surface area contributed by atoms with Gasteiger partial charge in [0.15, 0.2) is 5.82 Å². The minimum absolute atomic E-state index is 0.387. The topological polar surface area (TPSA) is 43.6 Å². The molecule has 0 unspecified atom stereocenters. The highest BCUT2D eigenvalue weighted by molar-refractivity contribution is 5.55. The summed E-state index contributed by atoms with van der Waals surface area (Å²) in [6.45, 7) is 2.51. The van der Waals surface area contributed by atoms with Gasteiger partial charge in [-0.05, 0) is 22.4 Å². The van der Waals surface area contributed by atoms with Crippen molar-refractivity contribution in [3.8, 4) is 23.7 Å². The Balaban J connectivity index is 2.35. The van der Waals surface area contributed by atoms with Gasteiger partial charge in [-0.2, -0.15) is 0 Å². The van der Waals surface area contributed by atoms with E-state index in [0.29, 0.717) is 12.4 Å². The third-order valence-electron chi connectivity index (χ3n) is 2.39. The van der Waals surface area contributed by atoms with Crippen LogP contribution in [0.3, 0.4) is 0 Å². The molecule has 0 bridgehead atoms. The predicted octanol–water partition coefficient (Wildman–Crippen LogP) is 1.54. The quantitative estimate of drug-likeness (QED) is 0.725. The highest BCUT2D eigenvalue weighted by atomic mass is 15.5. The molecule has 2 aromatic rings. The summed E-state index contributed by atoms with van der Waals surface area (Å²) in [4.78, 5) is 0. The third-order valence-corrected chi connectivity index (χ3v) is 2.39. The number of nitrogens with zero attached hydrogens (tertiary/aromatic N) is 4. The molecule has 0 radical (unpaired) electrons. The van der Waals surface area contributed by atoms with E-state index in [1.54, 1.807) is 4.68 Å². The van der Waals surface area contributed by atoms with Crippen molar-refractivity contribution < 1.29 is 0 Å². The number of tetrazole rings is 1. The van der Waals surface area contributed by atoms with Crippen LogP contribution < -0.4 is 0 Å².